The predicted molar refractivity (Wildman–Crippen MR) is 104 cm³/mol. The summed E-state index contributed by atoms with van der Waals surface area (Å²) in [5.41, 5.74) is 3.31. The lowest BCUT2D eigenvalue weighted by Gasteiger charge is -2.33. The number of anilines is 2. The van der Waals surface area contributed by atoms with Crippen LogP contribution in [0.2, 0.25) is 5.02 Å². The molecule has 0 radical (unpaired) electrons. The fourth-order valence-electron chi connectivity index (χ4n) is 3.19. The number of aryl methyl sites for hydroxylation is 1. The molecular formula is C20H25ClN3O+. The summed E-state index contributed by atoms with van der Waals surface area (Å²) in [6.07, 6.45) is 1.01. The molecule has 1 fully saturated rings. The Morgan fingerprint density at radius 1 is 1.16 bits per heavy atom. The number of carbonyl (C=O) groups is 1. The molecule has 132 valence electrons. The largest absolute Gasteiger partial charge is 0.360 e. The van der Waals surface area contributed by atoms with E-state index in [1.807, 2.05) is 30.3 Å². The number of amides is 1. The highest BCUT2D eigenvalue weighted by Crippen LogP contribution is 2.19. The van der Waals surface area contributed by atoms with Crippen molar-refractivity contribution in [1.82, 2.24) is 0 Å². The molecule has 1 aliphatic rings. The number of quaternary nitrogens is 1. The summed E-state index contributed by atoms with van der Waals surface area (Å²) in [5.74, 6) is 0.0791. The van der Waals surface area contributed by atoms with E-state index in [0.717, 1.165) is 49.0 Å². The normalized spacial score (nSPS) is 15.2. The Balaban J connectivity index is 1.47. The Kier molecular flexibility index (Phi) is 5.95. The summed E-state index contributed by atoms with van der Waals surface area (Å²) in [4.78, 5) is 15.9. The van der Waals surface area contributed by atoms with Crippen LogP contribution >= 0.6 is 11.6 Å². The topological polar surface area (TPSA) is 36.8 Å². The van der Waals surface area contributed by atoms with Crippen LogP contribution in [0.25, 0.3) is 0 Å². The van der Waals surface area contributed by atoms with Crippen molar-refractivity contribution in [3.63, 3.8) is 0 Å². The van der Waals surface area contributed by atoms with Crippen LogP contribution in [0.4, 0.5) is 11.4 Å². The zero-order valence-electron chi connectivity index (χ0n) is 14.6. The highest BCUT2D eigenvalue weighted by atomic mass is 35.5. The second-order valence-corrected chi connectivity index (χ2v) is 6.93. The van der Waals surface area contributed by atoms with E-state index in [0.29, 0.717) is 6.54 Å². The number of benzene rings is 2. The van der Waals surface area contributed by atoms with Crippen molar-refractivity contribution in [3.8, 4) is 0 Å². The molecule has 0 aromatic heterocycles. The lowest BCUT2D eigenvalue weighted by atomic mass is 10.1. The van der Waals surface area contributed by atoms with E-state index in [-0.39, 0.29) is 5.91 Å². The maximum absolute atomic E-state index is 12.3. The van der Waals surface area contributed by atoms with Crippen LogP contribution < -0.4 is 15.1 Å². The molecule has 2 aromatic rings. The van der Waals surface area contributed by atoms with Crippen LogP contribution in [0.3, 0.4) is 0 Å². The van der Waals surface area contributed by atoms with Gasteiger partial charge in [-0.2, -0.15) is 0 Å². The average Bonchev–Trinajstić information content (AvgIpc) is 2.63. The minimum absolute atomic E-state index is 0.0791. The summed E-state index contributed by atoms with van der Waals surface area (Å²) < 4.78 is 0. The molecule has 0 atom stereocenters. The number of halogens is 1. The summed E-state index contributed by atoms with van der Waals surface area (Å²) in [6, 6.07) is 16.0. The Bertz CT molecular complexity index is 709. The van der Waals surface area contributed by atoms with Gasteiger partial charge in [-0.3, -0.25) is 4.79 Å². The highest BCUT2D eigenvalue weighted by molar-refractivity contribution is 6.30. The van der Waals surface area contributed by atoms with E-state index in [1.165, 1.54) is 10.5 Å². The van der Waals surface area contributed by atoms with Gasteiger partial charge in [0.2, 0.25) is 0 Å². The SMILES string of the molecule is CCc1ccc(NC(=O)C[NH+]2CCN(c3cccc(Cl)c3)CC2)cc1. The maximum Gasteiger partial charge on any atom is 0.279 e. The van der Waals surface area contributed by atoms with Gasteiger partial charge >= 0.3 is 0 Å². The fraction of sp³-hybridized carbons (Fsp3) is 0.350. The van der Waals surface area contributed by atoms with Crippen molar-refractivity contribution in [3.05, 3.63) is 59.1 Å². The van der Waals surface area contributed by atoms with Crippen molar-refractivity contribution >= 4 is 28.9 Å². The Labute approximate surface area is 154 Å². The zero-order chi connectivity index (χ0) is 17.6. The van der Waals surface area contributed by atoms with Crippen molar-refractivity contribution in [2.75, 3.05) is 42.9 Å². The molecule has 5 heteroatoms. The van der Waals surface area contributed by atoms with Crippen LogP contribution in [0.15, 0.2) is 48.5 Å². The van der Waals surface area contributed by atoms with Gasteiger partial charge in [-0.05, 0) is 42.3 Å². The lowest BCUT2D eigenvalue weighted by Crippen LogP contribution is -3.15. The first-order valence-electron chi connectivity index (χ1n) is 8.87. The number of nitrogens with one attached hydrogen (secondary N) is 2. The number of nitrogens with zero attached hydrogens (tertiary/aromatic N) is 1. The molecular weight excluding hydrogens is 334 g/mol. The molecule has 25 heavy (non-hydrogen) atoms. The standard InChI is InChI=1S/C20H24ClN3O/c1-2-16-6-8-18(9-7-16)22-20(25)15-23-10-12-24(13-11-23)19-5-3-4-17(21)14-19/h3-9,14H,2,10-13,15H2,1H3,(H,22,25)/p+1. The summed E-state index contributed by atoms with van der Waals surface area (Å²) in [6.45, 7) is 6.42. The molecule has 0 spiro atoms. The smallest absolute Gasteiger partial charge is 0.279 e. The third-order valence-corrected chi connectivity index (χ3v) is 4.94. The van der Waals surface area contributed by atoms with Crippen molar-refractivity contribution in [2.45, 2.75) is 13.3 Å². The molecule has 2 aromatic carbocycles. The van der Waals surface area contributed by atoms with Crippen LogP contribution in [0.1, 0.15) is 12.5 Å². The van der Waals surface area contributed by atoms with Gasteiger partial charge in [0.15, 0.2) is 6.54 Å². The van der Waals surface area contributed by atoms with Crippen LogP contribution in [-0.2, 0) is 11.2 Å². The maximum atomic E-state index is 12.3. The van der Waals surface area contributed by atoms with E-state index in [4.69, 9.17) is 11.6 Å². The van der Waals surface area contributed by atoms with Crippen LogP contribution in [0, 0.1) is 0 Å². The van der Waals surface area contributed by atoms with E-state index >= 15 is 0 Å². The van der Waals surface area contributed by atoms with E-state index < -0.39 is 0 Å². The molecule has 0 saturated carbocycles. The second kappa shape index (κ2) is 8.37. The third-order valence-electron chi connectivity index (χ3n) is 4.70. The van der Waals surface area contributed by atoms with E-state index in [2.05, 4.69) is 35.3 Å². The van der Waals surface area contributed by atoms with Gasteiger partial charge in [0, 0.05) is 16.4 Å². The molecule has 2 N–H and O–H groups in total. The number of carbonyl (C=O) groups excluding carboxylic acids is 1. The molecule has 1 amide bonds. The fourth-order valence-corrected chi connectivity index (χ4v) is 3.37. The number of hydrogen-bond donors (Lipinski definition) is 2. The summed E-state index contributed by atoms with van der Waals surface area (Å²) in [5, 5.41) is 3.76. The highest BCUT2D eigenvalue weighted by Gasteiger charge is 2.22. The molecule has 1 aliphatic heterocycles. The Morgan fingerprint density at radius 3 is 2.52 bits per heavy atom. The molecule has 1 heterocycles. The average molecular weight is 359 g/mol. The second-order valence-electron chi connectivity index (χ2n) is 6.49. The van der Waals surface area contributed by atoms with Gasteiger partial charge in [-0.1, -0.05) is 36.7 Å². The third kappa shape index (κ3) is 4.97. The minimum atomic E-state index is 0.0791. The monoisotopic (exact) mass is 358 g/mol. The minimum Gasteiger partial charge on any atom is -0.360 e. The quantitative estimate of drug-likeness (QED) is 0.860. The summed E-state index contributed by atoms with van der Waals surface area (Å²) in [7, 11) is 0. The number of hydrogen-bond acceptors (Lipinski definition) is 2. The van der Waals surface area contributed by atoms with Crippen molar-refractivity contribution in [2.24, 2.45) is 0 Å². The van der Waals surface area contributed by atoms with E-state index in [9.17, 15) is 4.79 Å². The van der Waals surface area contributed by atoms with Crippen LogP contribution in [-0.4, -0.2) is 38.6 Å². The Hall–Kier alpha value is -2.04. The molecule has 0 aliphatic carbocycles. The first kappa shape index (κ1) is 17.8. The molecule has 1 saturated heterocycles. The first-order chi connectivity index (χ1) is 12.1. The summed E-state index contributed by atoms with van der Waals surface area (Å²) >= 11 is 6.07. The van der Waals surface area contributed by atoms with Gasteiger partial charge in [0.1, 0.15) is 0 Å². The Morgan fingerprint density at radius 2 is 1.88 bits per heavy atom. The van der Waals surface area contributed by atoms with Crippen molar-refractivity contribution in [1.29, 1.82) is 0 Å². The number of rotatable bonds is 5. The van der Waals surface area contributed by atoms with Gasteiger partial charge in [0.05, 0.1) is 26.2 Å². The van der Waals surface area contributed by atoms with Crippen molar-refractivity contribution < 1.29 is 9.69 Å². The zero-order valence-corrected chi connectivity index (χ0v) is 15.4. The van der Waals surface area contributed by atoms with Gasteiger partial charge in [-0.15, -0.1) is 0 Å². The van der Waals surface area contributed by atoms with Gasteiger partial charge in [-0.25, -0.2) is 0 Å². The van der Waals surface area contributed by atoms with Gasteiger partial charge < -0.3 is 15.1 Å². The van der Waals surface area contributed by atoms with Gasteiger partial charge in [0.25, 0.3) is 5.91 Å². The van der Waals surface area contributed by atoms with Crippen LogP contribution in [0.5, 0.6) is 0 Å². The van der Waals surface area contributed by atoms with E-state index in [1.54, 1.807) is 0 Å². The molecule has 0 unspecified atom stereocenters. The number of piperazine rings is 1. The first-order valence-corrected chi connectivity index (χ1v) is 9.24. The molecule has 4 nitrogen and oxygen atoms in total. The molecule has 3 rings (SSSR count). The predicted octanol–water partition coefficient (Wildman–Crippen LogP) is 2.25. The molecule has 0 bridgehead atoms. The lowest BCUT2D eigenvalue weighted by molar-refractivity contribution is -0.892.